The van der Waals surface area contributed by atoms with E-state index in [0.29, 0.717) is 5.92 Å². The van der Waals surface area contributed by atoms with Gasteiger partial charge in [-0.25, -0.2) is 0 Å². The zero-order valence-corrected chi connectivity index (χ0v) is 11.5. The summed E-state index contributed by atoms with van der Waals surface area (Å²) in [5, 5.41) is 3.52. The number of fused-ring (bicyclic) bond motifs is 1. The number of allylic oxidation sites excluding steroid dienone is 4. The summed E-state index contributed by atoms with van der Waals surface area (Å²) in [6.07, 6.45) is 7.76. The highest BCUT2D eigenvalue weighted by molar-refractivity contribution is 5.61. The lowest BCUT2D eigenvalue weighted by atomic mass is 9.72. The maximum Gasteiger partial charge on any atom is 0.230 e. The van der Waals surface area contributed by atoms with E-state index in [1.807, 2.05) is 6.92 Å². The monoisotopic (exact) mass is 255 g/mol. The van der Waals surface area contributed by atoms with Gasteiger partial charge in [-0.1, -0.05) is 6.08 Å². The van der Waals surface area contributed by atoms with E-state index < -0.39 is 0 Å². The fraction of sp³-hybridized carbons (Fsp3) is 0.500. The molecule has 0 spiro atoms. The van der Waals surface area contributed by atoms with Gasteiger partial charge in [-0.3, -0.25) is 0 Å². The second kappa shape index (κ2) is 3.69. The van der Waals surface area contributed by atoms with Crippen LogP contribution in [0, 0.1) is 10.8 Å². The Balaban J connectivity index is 1.94. The molecule has 2 atom stereocenters. The quantitative estimate of drug-likeness (QED) is 0.675. The highest BCUT2D eigenvalue weighted by atomic mass is 16.3. The zero-order chi connectivity index (χ0) is 13.1. The summed E-state index contributed by atoms with van der Waals surface area (Å²) >= 11 is 0. The van der Waals surface area contributed by atoms with Gasteiger partial charge in [0.15, 0.2) is 0 Å². The molecule has 0 aromatic carbocycles. The molecule has 0 aromatic rings. The van der Waals surface area contributed by atoms with Crippen molar-refractivity contribution in [3.63, 3.8) is 0 Å². The van der Waals surface area contributed by atoms with Crippen LogP contribution in [0.5, 0.6) is 0 Å². The predicted molar refractivity (Wildman–Crippen MR) is 74.3 cm³/mol. The topological polar surface area (TPSA) is 32.1 Å². The molecule has 0 saturated heterocycles. The van der Waals surface area contributed by atoms with Crippen LogP contribution in [0.3, 0.4) is 0 Å². The lowest BCUT2D eigenvalue weighted by molar-refractivity contribution is -0.545. The van der Waals surface area contributed by atoms with Gasteiger partial charge in [0.2, 0.25) is 11.7 Å². The third-order valence-electron chi connectivity index (χ3n) is 5.04. The Hall–Kier alpha value is -1.64. The summed E-state index contributed by atoms with van der Waals surface area (Å²) < 4.78 is 1.20. The van der Waals surface area contributed by atoms with Gasteiger partial charge in [-0.2, -0.15) is 0 Å². The average Bonchev–Trinajstić information content (AvgIpc) is 2.83. The van der Waals surface area contributed by atoms with Gasteiger partial charge in [0.1, 0.15) is 0 Å². The van der Waals surface area contributed by atoms with Crippen molar-refractivity contribution in [2.75, 3.05) is 6.54 Å². The number of hydrogen-bond donors (Lipinski definition) is 1. The molecule has 0 bridgehead atoms. The van der Waals surface area contributed by atoms with Crippen molar-refractivity contribution in [1.29, 1.82) is 0 Å². The summed E-state index contributed by atoms with van der Waals surface area (Å²) in [5.74, 6) is 0.384. The highest BCUT2D eigenvalue weighted by Gasteiger charge is 2.44. The largest absolute Gasteiger partial charge is 0.381 e. The van der Waals surface area contributed by atoms with Crippen LogP contribution in [0.2, 0.25) is 0 Å². The van der Waals surface area contributed by atoms with Crippen molar-refractivity contribution >= 4 is 0 Å². The van der Waals surface area contributed by atoms with Gasteiger partial charge in [-0.15, -0.1) is 0 Å². The summed E-state index contributed by atoms with van der Waals surface area (Å²) in [6.45, 7) is 4.98. The third-order valence-corrected chi connectivity index (χ3v) is 5.04. The lowest BCUT2D eigenvalue weighted by Gasteiger charge is -2.32. The van der Waals surface area contributed by atoms with E-state index in [-0.39, 0.29) is 6.04 Å². The molecule has 0 radical (unpaired) electrons. The van der Waals surface area contributed by atoms with Gasteiger partial charge < -0.3 is 5.32 Å². The van der Waals surface area contributed by atoms with Crippen LogP contribution in [0.25, 0.3) is 0 Å². The Morgan fingerprint density at radius 1 is 1.42 bits per heavy atom. The van der Waals surface area contributed by atoms with Crippen molar-refractivity contribution in [2.24, 2.45) is 5.92 Å². The number of nitrogens with zero attached hydrogens (tertiary/aromatic N) is 1. The Morgan fingerprint density at radius 3 is 3.11 bits per heavy atom. The molecule has 98 valence electrons. The minimum Gasteiger partial charge on any atom is -0.381 e. The van der Waals surface area contributed by atoms with Crippen LogP contribution in [-0.2, 0) is 0 Å². The second-order valence-electron chi connectivity index (χ2n) is 6.09. The van der Waals surface area contributed by atoms with Gasteiger partial charge in [0.25, 0.3) is 0 Å². The molecule has 0 saturated carbocycles. The molecule has 4 aliphatic rings. The molecule has 0 fully saturated rings. The standard InChI is InChI=1S/C16H19N2O/c1-9-6-14-12-4-3-5-15-16(12)11(8-17-15)7-13(14)10(2)18(9)19/h5-6,10,13,17H,3-4,7-8H2,1-2H3/q+1. The minimum atomic E-state index is 0.0662. The Morgan fingerprint density at radius 2 is 2.26 bits per heavy atom. The number of nitrogens with one attached hydrogen (secondary N) is 1. The van der Waals surface area contributed by atoms with Gasteiger partial charge >= 0.3 is 0 Å². The normalized spacial score (nSPS) is 32.6. The van der Waals surface area contributed by atoms with Crippen molar-refractivity contribution in [2.45, 2.75) is 39.2 Å². The van der Waals surface area contributed by atoms with E-state index >= 15 is 0 Å². The van der Waals surface area contributed by atoms with Crippen LogP contribution in [-0.4, -0.2) is 17.3 Å². The lowest BCUT2D eigenvalue weighted by Crippen LogP contribution is -2.36. The van der Waals surface area contributed by atoms with E-state index in [4.69, 9.17) is 0 Å². The number of nitroso groups, excluding NO2 is 1. The van der Waals surface area contributed by atoms with Crippen LogP contribution in [0.4, 0.5) is 0 Å². The first-order valence-corrected chi connectivity index (χ1v) is 7.21. The van der Waals surface area contributed by atoms with Crippen LogP contribution >= 0.6 is 0 Å². The molecule has 2 unspecified atom stereocenters. The van der Waals surface area contributed by atoms with Gasteiger partial charge in [-0.05, 0) is 36.0 Å². The molecule has 19 heavy (non-hydrogen) atoms. The number of hydrogen-bond acceptors (Lipinski definition) is 2. The zero-order valence-electron chi connectivity index (χ0n) is 11.5. The van der Waals surface area contributed by atoms with E-state index in [0.717, 1.165) is 31.5 Å². The maximum absolute atomic E-state index is 12.1. The fourth-order valence-corrected chi connectivity index (χ4v) is 4.07. The van der Waals surface area contributed by atoms with Gasteiger partial charge in [0.05, 0.1) is 5.92 Å². The molecule has 0 aromatic heterocycles. The molecule has 2 heterocycles. The van der Waals surface area contributed by atoms with Crippen molar-refractivity contribution < 1.29 is 4.76 Å². The molecule has 2 aliphatic heterocycles. The molecular weight excluding hydrogens is 236 g/mol. The predicted octanol–water partition coefficient (Wildman–Crippen LogP) is 2.97. The average molecular weight is 255 g/mol. The SMILES string of the molecule is CC1=CC2=C3CCC=C4NCC(=C43)CC2C(C)[N+]1=O. The summed E-state index contributed by atoms with van der Waals surface area (Å²) in [4.78, 5) is 12.1. The fourth-order valence-electron chi connectivity index (χ4n) is 4.07. The highest BCUT2D eigenvalue weighted by Crippen LogP contribution is 2.47. The first-order chi connectivity index (χ1) is 9.16. The molecule has 4 rings (SSSR count). The summed E-state index contributed by atoms with van der Waals surface area (Å²) in [7, 11) is 0. The van der Waals surface area contributed by atoms with Crippen LogP contribution in [0.1, 0.15) is 33.1 Å². The van der Waals surface area contributed by atoms with E-state index in [1.165, 1.54) is 32.7 Å². The van der Waals surface area contributed by atoms with Crippen molar-refractivity contribution in [3.8, 4) is 0 Å². The third kappa shape index (κ3) is 1.38. The van der Waals surface area contributed by atoms with E-state index in [2.05, 4.69) is 24.4 Å². The first-order valence-electron chi connectivity index (χ1n) is 7.21. The summed E-state index contributed by atoms with van der Waals surface area (Å²) in [5.41, 5.74) is 8.14. The van der Waals surface area contributed by atoms with Crippen molar-refractivity contribution in [1.82, 2.24) is 5.32 Å². The maximum atomic E-state index is 12.1. The molecule has 2 aliphatic carbocycles. The Labute approximate surface area is 113 Å². The second-order valence-corrected chi connectivity index (χ2v) is 6.09. The van der Waals surface area contributed by atoms with Crippen LogP contribution < -0.4 is 5.32 Å². The summed E-state index contributed by atoms with van der Waals surface area (Å²) in [6, 6.07) is 0.0662. The van der Waals surface area contributed by atoms with Gasteiger partial charge in [0, 0.05) is 47.4 Å². The number of rotatable bonds is 0. The Kier molecular flexibility index (Phi) is 2.17. The smallest absolute Gasteiger partial charge is 0.230 e. The first kappa shape index (κ1) is 11.2. The molecule has 1 N–H and O–H groups in total. The van der Waals surface area contributed by atoms with E-state index in [9.17, 15) is 4.91 Å². The van der Waals surface area contributed by atoms with Crippen LogP contribution in [0.15, 0.2) is 45.8 Å². The minimum absolute atomic E-state index is 0.0662. The van der Waals surface area contributed by atoms with E-state index in [1.54, 1.807) is 0 Å². The Bertz CT molecular complexity index is 619. The molecule has 0 amide bonds. The van der Waals surface area contributed by atoms with Crippen molar-refractivity contribution in [3.05, 3.63) is 50.7 Å². The molecule has 3 nitrogen and oxygen atoms in total. The molecule has 3 heteroatoms. The molecular formula is C16H19N2O+.